The Kier molecular flexibility index (Phi) is 4.55. The summed E-state index contributed by atoms with van der Waals surface area (Å²) in [5.74, 6) is -0.186. The summed E-state index contributed by atoms with van der Waals surface area (Å²) in [7, 11) is 1.92. The molecule has 0 spiro atoms. The number of benzene rings is 1. The van der Waals surface area contributed by atoms with Crippen molar-refractivity contribution in [2.75, 3.05) is 25.1 Å². The molecule has 0 aliphatic heterocycles. The Bertz CT molecular complexity index is 390. The van der Waals surface area contributed by atoms with Crippen LogP contribution in [0.2, 0.25) is 0 Å². The molecule has 0 heterocycles. The second-order valence-electron chi connectivity index (χ2n) is 4.41. The molecule has 0 N–H and O–H groups in total. The second-order valence-corrected chi connectivity index (χ2v) is 4.41. The lowest BCUT2D eigenvalue weighted by molar-refractivity contribution is -0.141. The zero-order valence-corrected chi connectivity index (χ0v) is 11.3. The van der Waals surface area contributed by atoms with Crippen LogP contribution in [-0.4, -0.2) is 26.2 Å². The van der Waals surface area contributed by atoms with Gasteiger partial charge >= 0.3 is 5.97 Å². The fourth-order valence-electron chi connectivity index (χ4n) is 2.25. The molecular formula is C14H21NO2. The van der Waals surface area contributed by atoms with E-state index in [1.165, 1.54) is 16.7 Å². The summed E-state index contributed by atoms with van der Waals surface area (Å²) in [6, 6.07) is 4.26. The van der Waals surface area contributed by atoms with Gasteiger partial charge in [0, 0.05) is 12.7 Å². The number of hydrogen-bond acceptors (Lipinski definition) is 3. The van der Waals surface area contributed by atoms with Crippen LogP contribution in [0.25, 0.3) is 0 Å². The molecule has 3 nitrogen and oxygen atoms in total. The number of likely N-dealkylation sites (N-methyl/N-ethyl adjacent to an activating group) is 1. The number of anilines is 1. The SMILES string of the molecule is CCOC(=O)CN(C)c1c(C)cc(C)cc1C. The number of carbonyl (C=O) groups is 1. The van der Waals surface area contributed by atoms with Gasteiger partial charge in [0.25, 0.3) is 0 Å². The average molecular weight is 235 g/mol. The predicted octanol–water partition coefficient (Wildman–Crippen LogP) is 2.61. The Morgan fingerprint density at radius 3 is 2.24 bits per heavy atom. The molecule has 0 atom stereocenters. The monoisotopic (exact) mass is 235 g/mol. The number of esters is 1. The van der Waals surface area contributed by atoms with E-state index >= 15 is 0 Å². The van der Waals surface area contributed by atoms with Crippen molar-refractivity contribution in [2.45, 2.75) is 27.7 Å². The maximum Gasteiger partial charge on any atom is 0.325 e. The van der Waals surface area contributed by atoms with E-state index in [1.54, 1.807) is 0 Å². The molecule has 0 saturated heterocycles. The third kappa shape index (κ3) is 3.48. The Balaban J connectivity index is 2.89. The van der Waals surface area contributed by atoms with E-state index < -0.39 is 0 Å². The third-order valence-corrected chi connectivity index (χ3v) is 2.69. The van der Waals surface area contributed by atoms with Gasteiger partial charge in [-0.05, 0) is 38.8 Å². The lowest BCUT2D eigenvalue weighted by Gasteiger charge is -2.23. The molecule has 0 bridgehead atoms. The van der Waals surface area contributed by atoms with E-state index in [0.717, 1.165) is 5.69 Å². The summed E-state index contributed by atoms with van der Waals surface area (Å²) in [6.45, 7) is 8.75. The van der Waals surface area contributed by atoms with Crippen molar-refractivity contribution in [1.29, 1.82) is 0 Å². The van der Waals surface area contributed by atoms with Crippen LogP contribution in [0.1, 0.15) is 23.6 Å². The summed E-state index contributed by atoms with van der Waals surface area (Å²) < 4.78 is 4.96. The molecule has 0 aromatic heterocycles. The zero-order chi connectivity index (χ0) is 13.0. The van der Waals surface area contributed by atoms with Gasteiger partial charge in [-0.1, -0.05) is 17.7 Å². The first-order chi connectivity index (χ1) is 7.95. The van der Waals surface area contributed by atoms with E-state index in [2.05, 4.69) is 32.9 Å². The molecule has 94 valence electrons. The molecule has 0 aliphatic carbocycles. The number of rotatable bonds is 4. The number of ether oxygens (including phenoxy) is 1. The zero-order valence-electron chi connectivity index (χ0n) is 11.3. The summed E-state index contributed by atoms with van der Waals surface area (Å²) in [6.07, 6.45) is 0. The van der Waals surface area contributed by atoms with E-state index in [-0.39, 0.29) is 5.97 Å². The maximum absolute atomic E-state index is 11.5. The van der Waals surface area contributed by atoms with Gasteiger partial charge in [0.05, 0.1) is 6.61 Å². The molecule has 0 amide bonds. The first-order valence-electron chi connectivity index (χ1n) is 5.90. The molecule has 3 heteroatoms. The van der Waals surface area contributed by atoms with Gasteiger partial charge in [0.1, 0.15) is 6.54 Å². The van der Waals surface area contributed by atoms with Crippen LogP contribution in [0, 0.1) is 20.8 Å². The standard InChI is InChI=1S/C14H21NO2/c1-6-17-13(16)9-15(5)14-11(3)7-10(2)8-12(14)4/h7-8H,6,9H2,1-5H3. The van der Waals surface area contributed by atoms with Crippen LogP contribution < -0.4 is 4.90 Å². The Labute approximate surface area is 103 Å². The number of aryl methyl sites for hydroxylation is 3. The largest absolute Gasteiger partial charge is 0.465 e. The number of carbonyl (C=O) groups excluding carboxylic acids is 1. The van der Waals surface area contributed by atoms with Crippen LogP contribution in [0.3, 0.4) is 0 Å². The first kappa shape index (κ1) is 13.6. The predicted molar refractivity (Wildman–Crippen MR) is 70.6 cm³/mol. The van der Waals surface area contributed by atoms with Gasteiger partial charge in [0.15, 0.2) is 0 Å². The normalized spacial score (nSPS) is 10.2. The molecule has 1 aromatic rings. The fourth-order valence-corrected chi connectivity index (χ4v) is 2.25. The smallest absolute Gasteiger partial charge is 0.325 e. The van der Waals surface area contributed by atoms with Crippen LogP contribution in [0.15, 0.2) is 12.1 Å². The van der Waals surface area contributed by atoms with Crippen molar-refractivity contribution in [3.05, 3.63) is 28.8 Å². The van der Waals surface area contributed by atoms with Crippen LogP contribution in [0.5, 0.6) is 0 Å². The van der Waals surface area contributed by atoms with E-state index in [0.29, 0.717) is 13.2 Å². The minimum absolute atomic E-state index is 0.186. The van der Waals surface area contributed by atoms with E-state index in [9.17, 15) is 4.79 Å². The van der Waals surface area contributed by atoms with Crippen LogP contribution in [-0.2, 0) is 9.53 Å². The highest BCUT2D eigenvalue weighted by atomic mass is 16.5. The maximum atomic E-state index is 11.5. The van der Waals surface area contributed by atoms with Gasteiger partial charge < -0.3 is 9.64 Å². The van der Waals surface area contributed by atoms with Crippen molar-refractivity contribution in [3.8, 4) is 0 Å². The Morgan fingerprint density at radius 2 is 1.76 bits per heavy atom. The van der Waals surface area contributed by atoms with Gasteiger partial charge in [-0.15, -0.1) is 0 Å². The minimum atomic E-state index is -0.186. The highest BCUT2D eigenvalue weighted by Crippen LogP contribution is 2.25. The molecule has 0 unspecified atom stereocenters. The summed E-state index contributed by atoms with van der Waals surface area (Å²) >= 11 is 0. The van der Waals surface area contributed by atoms with Crippen LogP contribution in [0.4, 0.5) is 5.69 Å². The van der Waals surface area contributed by atoms with Crippen molar-refractivity contribution in [3.63, 3.8) is 0 Å². The fraction of sp³-hybridized carbons (Fsp3) is 0.500. The summed E-state index contributed by atoms with van der Waals surface area (Å²) in [4.78, 5) is 13.4. The minimum Gasteiger partial charge on any atom is -0.465 e. The lowest BCUT2D eigenvalue weighted by atomic mass is 10.0. The van der Waals surface area contributed by atoms with Crippen molar-refractivity contribution >= 4 is 11.7 Å². The molecule has 0 radical (unpaired) electrons. The van der Waals surface area contributed by atoms with E-state index in [4.69, 9.17) is 4.74 Å². The topological polar surface area (TPSA) is 29.5 Å². The van der Waals surface area contributed by atoms with Crippen molar-refractivity contribution in [1.82, 2.24) is 0 Å². The highest BCUT2D eigenvalue weighted by molar-refractivity contribution is 5.77. The van der Waals surface area contributed by atoms with Crippen molar-refractivity contribution in [2.24, 2.45) is 0 Å². The van der Waals surface area contributed by atoms with Crippen molar-refractivity contribution < 1.29 is 9.53 Å². The van der Waals surface area contributed by atoms with Gasteiger partial charge in [-0.3, -0.25) is 4.79 Å². The molecule has 0 saturated carbocycles. The number of hydrogen-bond donors (Lipinski definition) is 0. The summed E-state index contributed by atoms with van der Waals surface area (Å²) in [5.41, 5.74) is 4.74. The molecule has 17 heavy (non-hydrogen) atoms. The Morgan fingerprint density at radius 1 is 1.24 bits per heavy atom. The van der Waals surface area contributed by atoms with Gasteiger partial charge in [0.2, 0.25) is 0 Å². The first-order valence-corrected chi connectivity index (χ1v) is 5.90. The third-order valence-electron chi connectivity index (χ3n) is 2.69. The lowest BCUT2D eigenvalue weighted by Crippen LogP contribution is -2.28. The molecule has 1 aromatic carbocycles. The average Bonchev–Trinajstić information content (AvgIpc) is 2.15. The van der Waals surface area contributed by atoms with Gasteiger partial charge in [-0.2, -0.15) is 0 Å². The molecule has 0 fully saturated rings. The molecule has 1 rings (SSSR count). The Hall–Kier alpha value is -1.51. The van der Waals surface area contributed by atoms with Gasteiger partial charge in [-0.25, -0.2) is 0 Å². The molecular weight excluding hydrogens is 214 g/mol. The van der Waals surface area contributed by atoms with E-state index in [1.807, 2.05) is 18.9 Å². The highest BCUT2D eigenvalue weighted by Gasteiger charge is 2.12. The number of nitrogens with zero attached hydrogens (tertiary/aromatic N) is 1. The quantitative estimate of drug-likeness (QED) is 0.751. The summed E-state index contributed by atoms with van der Waals surface area (Å²) in [5, 5.41) is 0. The second kappa shape index (κ2) is 5.71. The van der Waals surface area contributed by atoms with Crippen LogP contribution >= 0.6 is 0 Å². The molecule has 0 aliphatic rings.